The van der Waals surface area contributed by atoms with Crippen molar-refractivity contribution < 1.29 is 19.0 Å². The van der Waals surface area contributed by atoms with E-state index in [2.05, 4.69) is 4.90 Å². The molecule has 0 aliphatic heterocycles. The van der Waals surface area contributed by atoms with Crippen molar-refractivity contribution in [3.63, 3.8) is 0 Å². The molecule has 5 heteroatoms. The molecule has 5 nitrogen and oxygen atoms in total. The summed E-state index contributed by atoms with van der Waals surface area (Å²) in [5.41, 5.74) is 0. The molecule has 0 unspecified atom stereocenters. The first-order chi connectivity index (χ1) is 8.58. The second-order valence-electron chi connectivity index (χ2n) is 4.46. The number of methoxy groups -OCH3 is 2. The second-order valence-corrected chi connectivity index (χ2v) is 4.46. The van der Waals surface area contributed by atoms with Crippen molar-refractivity contribution in [1.29, 1.82) is 0 Å². The summed E-state index contributed by atoms with van der Waals surface area (Å²) >= 11 is 0. The van der Waals surface area contributed by atoms with E-state index in [0.717, 1.165) is 0 Å². The van der Waals surface area contributed by atoms with Crippen molar-refractivity contribution in [1.82, 2.24) is 4.90 Å². The molecule has 0 N–H and O–H groups in total. The smallest absolute Gasteiger partial charge is 0.323 e. The average Bonchev–Trinajstić information content (AvgIpc) is 2.32. The van der Waals surface area contributed by atoms with Crippen molar-refractivity contribution in [2.24, 2.45) is 5.92 Å². The topological polar surface area (TPSA) is 48.0 Å². The highest BCUT2D eigenvalue weighted by molar-refractivity contribution is 5.76. The highest BCUT2D eigenvalue weighted by atomic mass is 16.5. The Labute approximate surface area is 110 Å². The molecule has 0 heterocycles. The number of rotatable bonds is 10. The Morgan fingerprint density at radius 2 is 1.61 bits per heavy atom. The summed E-state index contributed by atoms with van der Waals surface area (Å²) in [6, 6.07) is -0.241. The fraction of sp³-hybridized carbons (Fsp3) is 0.923. The standard InChI is InChI=1S/C13H27NO4/c1-6-18-13(15)12(11(2)3)14(7-9-16-4)8-10-17-5/h11-12H,6-10H2,1-5H3/t12-/m0/s1. The van der Waals surface area contributed by atoms with Crippen LogP contribution in [0.4, 0.5) is 0 Å². The monoisotopic (exact) mass is 261 g/mol. The van der Waals surface area contributed by atoms with Gasteiger partial charge in [-0.15, -0.1) is 0 Å². The van der Waals surface area contributed by atoms with Crippen molar-refractivity contribution in [2.45, 2.75) is 26.8 Å². The summed E-state index contributed by atoms with van der Waals surface area (Å²) in [5, 5.41) is 0. The number of carbonyl (C=O) groups is 1. The summed E-state index contributed by atoms with van der Waals surface area (Å²) in [6.45, 7) is 8.85. The summed E-state index contributed by atoms with van der Waals surface area (Å²) in [7, 11) is 3.31. The van der Waals surface area contributed by atoms with E-state index in [4.69, 9.17) is 14.2 Å². The minimum Gasteiger partial charge on any atom is -0.465 e. The van der Waals surface area contributed by atoms with Gasteiger partial charge in [0.1, 0.15) is 6.04 Å². The van der Waals surface area contributed by atoms with Crippen LogP contribution in [0.15, 0.2) is 0 Å². The fourth-order valence-corrected chi connectivity index (χ4v) is 1.88. The highest BCUT2D eigenvalue weighted by Gasteiger charge is 2.29. The van der Waals surface area contributed by atoms with Gasteiger partial charge in [0.25, 0.3) is 0 Å². The van der Waals surface area contributed by atoms with Gasteiger partial charge in [-0.2, -0.15) is 0 Å². The van der Waals surface area contributed by atoms with Gasteiger partial charge in [0.2, 0.25) is 0 Å². The van der Waals surface area contributed by atoms with E-state index in [1.807, 2.05) is 20.8 Å². The highest BCUT2D eigenvalue weighted by Crippen LogP contribution is 2.13. The summed E-state index contributed by atoms with van der Waals surface area (Å²) in [4.78, 5) is 14.1. The molecule has 0 saturated carbocycles. The molecule has 18 heavy (non-hydrogen) atoms. The first kappa shape index (κ1) is 17.4. The van der Waals surface area contributed by atoms with E-state index in [9.17, 15) is 4.79 Å². The Kier molecular flexibility index (Phi) is 9.92. The van der Waals surface area contributed by atoms with Crippen LogP contribution in [0.5, 0.6) is 0 Å². The van der Waals surface area contributed by atoms with Crippen LogP contribution >= 0.6 is 0 Å². The SMILES string of the molecule is CCOC(=O)[C@H](C(C)C)N(CCOC)CCOC. The van der Waals surface area contributed by atoms with Crippen molar-refractivity contribution >= 4 is 5.97 Å². The van der Waals surface area contributed by atoms with Gasteiger partial charge in [-0.05, 0) is 12.8 Å². The zero-order chi connectivity index (χ0) is 14.0. The molecule has 0 aromatic heterocycles. The van der Waals surface area contributed by atoms with E-state index >= 15 is 0 Å². The number of nitrogens with zero attached hydrogens (tertiary/aromatic N) is 1. The maximum Gasteiger partial charge on any atom is 0.323 e. The molecule has 1 atom stereocenters. The minimum atomic E-state index is -0.241. The van der Waals surface area contributed by atoms with Gasteiger partial charge >= 0.3 is 5.97 Å². The molecule has 0 bridgehead atoms. The van der Waals surface area contributed by atoms with E-state index in [-0.39, 0.29) is 17.9 Å². The molecular formula is C13H27NO4. The van der Waals surface area contributed by atoms with Crippen molar-refractivity contribution in [3.8, 4) is 0 Å². The van der Waals surface area contributed by atoms with Crippen LogP contribution in [-0.4, -0.2) is 64.0 Å². The Bertz CT molecular complexity index is 213. The third-order valence-corrected chi connectivity index (χ3v) is 2.72. The molecule has 0 spiro atoms. The molecule has 0 aliphatic carbocycles. The van der Waals surface area contributed by atoms with Gasteiger partial charge in [-0.3, -0.25) is 9.69 Å². The van der Waals surface area contributed by atoms with E-state index in [1.54, 1.807) is 14.2 Å². The van der Waals surface area contributed by atoms with Crippen LogP contribution in [-0.2, 0) is 19.0 Å². The third-order valence-electron chi connectivity index (χ3n) is 2.72. The lowest BCUT2D eigenvalue weighted by Gasteiger charge is -2.32. The lowest BCUT2D eigenvalue weighted by molar-refractivity contribution is -0.152. The number of hydrogen-bond donors (Lipinski definition) is 0. The van der Waals surface area contributed by atoms with Crippen LogP contribution in [0, 0.1) is 5.92 Å². The van der Waals surface area contributed by atoms with Crippen molar-refractivity contribution in [3.05, 3.63) is 0 Å². The summed E-state index contributed by atoms with van der Waals surface area (Å²) in [6.07, 6.45) is 0. The van der Waals surface area contributed by atoms with E-state index in [1.165, 1.54) is 0 Å². The molecule has 0 aromatic rings. The fourth-order valence-electron chi connectivity index (χ4n) is 1.88. The van der Waals surface area contributed by atoms with Crippen LogP contribution in [0.1, 0.15) is 20.8 Å². The summed E-state index contributed by atoms with van der Waals surface area (Å²) < 4.78 is 15.3. The lowest BCUT2D eigenvalue weighted by atomic mass is 10.0. The molecule has 0 fully saturated rings. The molecule has 0 radical (unpaired) electrons. The van der Waals surface area contributed by atoms with Gasteiger partial charge in [-0.25, -0.2) is 0 Å². The number of hydrogen-bond acceptors (Lipinski definition) is 5. The van der Waals surface area contributed by atoms with Gasteiger partial charge < -0.3 is 14.2 Å². The maximum absolute atomic E-state index is 12.0. The minimum absolute atomic E-state index is 0.167. The zero-order valence-electron chi connectivity index (χ0n) is 12.3. The predicted octanol–water partition coefficient (Wildman–Crippen LogP) is 1.17. The third kappa shape index (κ3) is 6.33. The first-order valence-electron chi connectivity index (χ1n) is 6.47. The number of ether oxygens (including phenoxy) is 3. The first-order valence-corrected chi connectivity index (χ1v) is 6.47. The predicted molar refractivity (Wildman–Crippen MR) is 70.6 cm³/mol. The molecule has 0 aromatic carbocycles. The van der Waals surface area contributed by atoms with Gasteiger partial charge in [-0.1, -0.05) is 13.8 Å². The number of esters is 1. The molecule has 0 saturated heterocycles. The number of carbonyl (C=O) groups excluding carboxylic acids is 1. The zero-order valence-corrected chi connectivity index (χ0v) is 12.3. The second kappa shape index (κ2) is 10.3. The maximum atomic E-state index is 12.0. The quantitative estimate of drug-likeness (QED) is 0.552. The van der Waals surface area contributed by atoms with Gasteiger partial charge in [0.15, 0.2) is 0 Å². The lowest BCUT2D eigenvalue weighted by Crippen LogP contribution is -2.48. The average molecular weight is 261 g/mol. The molecule has 0 amide bonds. The molecule has 108 valence electrons. The Morgan fingerprint density at radius 3 is 1.94 bits per heavy atom. The summed E-state index contributed by atoms with van der Waals surface area (Å²) in [5.74, 6) is 0.0254. The molecule has 0 rings (SSSR count). The van der Waals surface area contributed by atoms with Gasteiger partial charge in [0.05, 0.1) is 19.8 Å². The van der Waals surface area contributed by atoms with Gasteiger partial charge in [0, 0.05) is 27.3 Å². The Morgan fingerprint density at radius 1 is 1.11 bits per heavy atom. The largest absolute Gasteiger partial charge is 0.465 e. The van der Waals surface area contributed by atoms with Crippen LogP contribution in [0.2, 0.25) is 0 Å². The Balaban J connectivity index is 4.66. The molecular weight excluding hydrogens is 234 g/mol. The Hall–Kier alpha value is -0.650. The van der Waals surface area contributed by atoms with Crippen LogP contribution in [0.25, 0.3) is 0 Å². The van der Waals surface area contributed by atoms with Crippen molar-refractivity contribution in [2.75, 3.05) is 47.1 Å². The normalized spacial score (nSPS) is 13.1. The molecule has 0 aliphatic rings. The van der Waals surface area contributed by atoms with Crippen LogP contribution < -0.4 is 0 Å². The van der Waals surface area contributed by atoms with E-state index in [0.29, 0.717) is 32.9 Å². The van der Waals surface area contributed by atoms with E-state index < -0.39 is 0 Å². The van der Waals surface area contributed by atoms with Crippen LogP contribution in [0.3, 0.4) is 0 Å².